The van der Waals surface area contributed by atoms with Gasteiger partial charge in [-0.2, -0.15) is 8.78 Å². The molecule has 0 bridgehead atoms. The van der Waals surface area contributed by atoms with Gasteiger partial charge in [-0.25, -0.2) is 0 Å². The van der Waals surface area contributed by atoms with Gasteiger partial charge in [-0.05, 0) is 0 Å². The summed E-state index contributed by atoms with van der Waals surface area (Å²) in [5.74, 6) is -5.20. The Morgan fingerprint density at radius 2 is 1.95 bits per heavy atom. The number of nitrogens with zero attached hydrogens (tertiary/aromatic N) is 3. The molecule has 5 rings (SSSR count). The number of phenolic OH excluding ortho intramolecular Hbond substituents is 1. The van der Waals surface area contributed by atoms with Crippen LogP contribution in [0.3, 0.4) is 0 Å². The molecule has 192 valence electrons. The van der Waals surface area contributed by atoms with Crippen LogP contribution in [0.4, 0.5) is 14.6 Å². The van der Waals surface area contributed by atoms with Crippen molar-refractivity contribution in [2.75, 3.05) is 11.9 Å². The van der Waals surface area contributed by atoms with Crippen molar-refractivity contribution in [3.8, 4) is 11.4 Å². The molecule has 2 aromatic heterocycles. The summed E-state index contributed by atoms with van der Waals surface area (Å²) in [7, 11) is 0. The topological polar surface area (TPSA) is 156 Å². The molecule has 4 N–H and O–H groups in total. The first-order valence-corrected chi connectivity index (χ1v) is 12.4. The van der Waals surface area contributed by atoms with E-state index in [-0.39, 0.29) is 28.4 Å². The van der Waals surface area contributed by atoms with Crippen LogP contribution in [0.25, 0.3) is 15.3 Å². The molecule has 1 fully saturated rings. The van der Waals surface area contributed by atoms with Crippen LogP contribution in [0.2, 0.25) is 0 Å². The fourth-order valence-corrected chi connectivity index (χ4v) is 6.08. The average molecular weight is 579 g/mol. The van der Waals surface area contributed by atoms with E-state index in [1.165, 1.54) is 15.7 Å². The van der Waals surface area contributed by atoms with E-state index in [1.54, 1.807) is 12.1 Å². The SMILES string of the molecule is O=C(Nc1ccn([C@H]2O[C@@H](CO)[C@H](O)C2(F)F)c(=O)n1)c1ccc(-n2[se]c3ccccc3c2=O)c(O)c1. The predicted octanol–water partition coefficient (Wildman–Crippen LogP) is 0.448. The molecule has 1 amide bonds. The number of aliphatic hydroxyl groups is 2. The van der Waals surface area contributed by atoms with E-state index < -0.39 is 57.3 Å². The number of phenols is 1. The third kappa shape index (κ3) is 4.28. The number of amides is 1. The van der Waals surface area contributed by atoms with Crippen LogP contribution in [0, 0.1) is 0 Å². The number of benzene rings is 2. The number of aromatic hydroxyl groups is 1. The molecular formula is C23H18F2N4O7Se. The molecule has 1 saturated heterocycles. The number of hydrogen-bond donors (Lipinski definition) is 4. The number of carbonyl (C=O) groups excluding carboxylic acids is 1. The van der Waals surface area contributed by atoms with E-state index in [0.717, 1.165) is 22.6 Å². The van der Waals surface area contributed by atoms with Crippen molar-refractivity contribution < 1.29 is 33.6 Å². The van der Waals surface area contributed by atoms with Crippen molar-refractivity contribution in [2.24, 2.45) is 0 Å². The van der Waals surface area contributed by atoms with Gasteiger partial charge in [0.1, 0.15) is 6.10 Å². The van der Waals surface area contributed by atoms with E-state index in [0.29, 0.717) is 9.95 Å². The predicted molar refractivity (Wildman–Crippen MR) is 127 cm³/mol. The average Bonchev–Trinajstić information content (AvgIpc) is 3.32. The number of carbonyl (C=O) groups is 1. The van der Waals surface area contributed by atoms with Crippen LogP contribution < -0.4 is 16.6 Å². The number of aromatic nitrogens is 3. The van der Waals surface area contributed by atoms with Crippen molar-refractivity contribution in [3.63, 3.8) is 0 Å². The molecule has 0 aliphatic carbocycles. The zero-order valence-corrected chi connectivity index (χ0v) is 20.3. The monoisotopic (exact) mass is 580 g/mol. The van der Waals surface area contributed by atoms with Gasteiger partial charge in [0, 0.05) is 0 Å². The van der Waals surface area contributed by atoms with E-state index in [2.05, 4.69) is 10.3 Å². The van der Waals surface area contributed by atoms with Crippen molar-refractivity contribution in [1.82, 2.24) is 13.1 Å². The normalized spacial score (nSPS) is 20.8. The van der Waals surface area contributed by atoms with E-state index in [4.69, 9.17) is 9.84 Å². The van der Waals surface area contributed by atoms with E-state index in [9.17, 15) is 33.4 Å². The number of anilines is 1. The second kappa shape index (κ2) is 9.32. The maximum absolute atomic E-state index is 14.3. The van der Waals surface area contributed by atoms with Crippen molar-refractivity contribution in [2.45, 2.75) is 24.4 Å². The molecule has 11 nitrogen and oxygen atoms in total. The number of ether oxygens (including phenoxy) is 1. The molecule has 14 heteroatoms. The standard InChI is InChI=1S/C23H18F2N4O7Se/c24-23(25)18(32)15(10-30)36-21(23)28-8-7-17(27-22(28)35)26-19(33)11-5-6-13(14(31)9-11)29-20(34)12-3-1-2-4-16(12)37-29/h1-9,15,18,21,30-32H,10H2,(H,26,27,33,35)/t15-,18-,21-/m0/s1. The summed E-state index contributed by atoms with van der Waals surface area (Å²) >= 11 is -0.393. The van der Waals surface area contributed by atoms with Crippen molar-refractivity contribution >= 4 is 36.1 Å². The van der Waals surface area contributed by atoms with Gasteiger partial charge in [0.2, 0.25) is 0 Å². The quantitative estimate of drug-likeness (QED) is 0.249. The van der Waals surface area contributed by atoms with Crippen LogP contribution in [0.5, 0.6) is 5.75 Å². The van der Waals surface area contributed by atoms with Gasteiger partial charge < -0.3 is 14.9 Å². The minimum absolute atomic E-state index is 0.0107. The van der Waals surface area contributed by atoms with Crippen LogP contribution in [-0.4, -0.2) is 73.8 Å². The molecule has 4 aromatic rings. The van der Waals surface area contributed by atoms with E-state index >= 15 is 0 Å². The maximum atomic E-state index is 14.3. The number of nitrogens with one attached hydrogen (secondary N) is 1. The van der Waals surface area contributed by atoms with E-state index in [1.807, 2.05) is 12.1 Å². The molecular weight excluding hydrogens is 561 g/mol. The molecule has 3 atom stereocenters. The zero-order valence-electron chi connectivity index (χ0n) is 18.6. The third-order valence-electron chi connectivity index (χ3n) is 5.83. The summed E-state index contributed by atoms with van der Waals surface area (Å²) in [6.07, 6.45) is -5.20. The summed E-state index contributed by atoms with van der Waals surface area (Å²) in [6.45, 7) is -0.880. The Morgan fingerprint density at radius 3 is 2.59 bits per heavy atom. The van der Waals surface area contributed by atoms with Crippen molar-refractivity contribution in [3.05, 3.63) is 81.1 Å². The molecule has 0 radical (unpaired) electrons. The third-order valence-corrected chi connectivity index (χ3v) is 8.13. The van der Waals surface area contributed by atoms with Crippen LogP contribution in [0.1, 0.15) is 16.6 Å². The molecule has 0 saturated carbocycles. The molecule has 2 aromatic carbocycles. The zero-order chi connectivity index (χ0) is 26.5. The van der Waals surface area contributed by atoms with Crippen LogP contribution in [0.15, 0.2) is 64.3 Å². The molecule has 0 spiro atoms. The number of halogens is 2. The van der Waals surface area contributed by atoms with Gasteiger partial charge in [-0.1, -0.05) is 0 Å². The number of fused-ring (bicyclic) bond motifs is 1. The summed E-state index contributed by atoms with van der Waals surface area (Å²) in [5, 5.41) is 32.1. The van der Waals surface area contributed by atoms with Gasteiger partial charge >= 0.3 is 169 Å². The minimum atomic E-state index is -3.87. The Hall–Kier alpha value is -3.68. The first kappa shape index (κ1) is 25.0. The Balaban J connectivity index is 1.36. The summed E-state index contributed by atoms with van der Waals surface area (Å²) in [5.41, 5.74) is -1.23. The van der Waals surface area contributed by atoms with Crippen LogP contribution in [-0.2, 0) is 4.74 Å². The van der Waals surface area contributed by atoms with Crippen LogP contribution >= 0.6 is 0 Å². The van der Waals surface area contributed by atoms with Gasteiger partial charge in [0.15, 0.2) is 6.10 Å². The Bertz CT molecular complexity index is 1630. The molecule has 3 heterocycles. The Morgan fingerprint density at radius 1 is 1.19 bits per heavy atom. The second-order valence-electron chi connectivity index (χ2n) is 8.18. The summed E-state index contributed by atoms with van der Waals surface area (Å²) in [4.78, 5) is 41.3. The molecule has 1 aliphatic heterocycles. The first-order valence-electron chi connectivity index (χ1n) is 10.8. The second-order valence-corrected chi connectivity index (χ2v) is 10.2. The summed E-state index contributed by atoms with van der Waals surface area (Å²) < 4.78 is 36.3. The number of rotatable bonds is 5. The Kier molecular flexibility index (Phi) is 6.30. The van der Waals surface area contributed by atoms with Gasteiger partial charge in [0.05, 0.1) is 6.61 Å². The van der Waals surface area contributed by atoms with Gasteiger partial charge in [0.25, 0.3) is 0 Å². The fraction of sp³-hybridized carbons (Fsp3) is 0.217. The van der Waals surface area contributed by atoms with Gasteiger partial charge in [-0.15, -0.1) is 0 Å². The van der Waals surface area contributed by atoms with Crippen molar-refractivity contribution in [1.29, 1.82) is 0 Å². The number of alkyl halides is 2. The Labute approximate surface area is 211 Å². The fourth-order valence-electron chi connectivity index (χ4n) is 3.93. The molecule has 37 heavy (non-hydrogen) atoms. The summed E-state index contributed by atoms with van der Waals surface area (Å²) in [6, 6.07) is 12.1. The molecule has 1 aliphatic rings. The number of aliphatic hydroxyl groups excluding tert-OH is 2. The first-order chi connectivity index (χ1) is 17.6. The number of hydrogen-bond acceptors (Lipinski definition) is 8. The molecule has 0 unspecified atom stereocenters. The van der Waals surface area contributed by atoms with Gasteiger partial charge in [-0.3, -0.25) is 0 Å².